The van der Waals surface area contributed by atoms with E-state index in [0.29, 0.717) is 18.4 Å². The van der Waals surface area contributed by atoms with Crippen molar-refractivity contribution < 1.29 is 18.0 Å². The number of nitrogens with one attached hydrogen (secondary N) is 2. The Morgan fingerprint density at radius 2 is 1.74 bits per heavy atom. The zero-order valence-corrected chi connectivity index (χ0v) is 19.2. The van der Waals surface area contributed by atoms with E-state index in [9.17, 15) is 18.0 Å². The number of nitrogens with zero attached hydrogens (tertiary/aromatic N) is 3. The number of hydrogen-bond acceptors (Lipinski definition) is 5. The summed E-state index contributed by atoms with van der Waals surface area (Å²) in [7, 11) is 3.91. The molecule has 2 aromatic carbocycles. The molecule has 34 heavy (non-hydrogen) atoms. The number of hydrogen-bond donors (Lipinski definition) is 2. The number of carbonyl (C=O) groups is 1. The number of benzene rings is 2. The second-order valence-electron chi connectivity index (χ2n) is 8.96. The van der Waals surface area contributed by atoms with Crippen LogP contribution in [0.15, 0.2) is 36.4 Å². The highest BCUT2D eigenvalue weighted by Gasteiger charge is 2.23. The lowest BCUT2D eigenvalue weighted by atomic mass is 9.86. The molecule has 180 valence electrons. The van der Waals surface area contributed by atoms with E-state index in [2.05, 4.69) is 15.6 Å². The van der Waals surface area contributed by atoms with Gasteiger partial charge in [0, 0.05) is 37.6 Å². The fourth-order valence-corrected chi connectivity index (χ4v) is 4.35. The number of fused-ring (bicyclic) bond motifs is 1. The molecule has 1 saturated carbocycles. The van der Waals surface area contributed by atoms with Gasteiger partial charge in [-0.15, -0.1) is 0 Å². The second kappa shape index (κ2) is 10.3. The van der Waals surface area contributed by atoms with Crippen LogP contribution in [0, 0.1) is 23.4 Å². The molecule has 1 aromatic heterocycles. The standard InChI is InChI=1S/C25H28F3N5O/c1-33(2)24-18-5-3-4-6-20(18)31-25(32-24)30-17-10-7-15(8-11-17)14-29-21(34)13-16-9-12-19(26)23(28)22(16)27/h3-6,9,12,15,17H,7-8,10-11,13-14H2,1-2H3,(H,29,34)(H,30,31,32). The molecule has 3 aromatic rings. The molecule has 1 fully saturated rings. The van der Waals surface area contributed by atoms with Gasteiger partial charge >= 0.3 is 0 Å². The highest BCUT2D eigenvalue weighted by atomic mass is 19.2. The average molecular weight is 472 g/mol. The van der Waals surface area contributed by atoms with Gasteiger partial charge in [-0.2, -0.15) is 4.98 Å². The van der Waals surface area contributed by atoms with Gasteiger partial charge in [0.1, 0.15) is 5.82 Å². The highest BCUT2D eigenvalue weighted by Crippen LogP contribution is 2.28. The summed E-state index contributed by atoms with van der Waals surface area (Å²) >= 11 is 0. The molecule has 1 aliphatic carbocycles. The van der Waals surface area contributed by atoms with E-state index in [1.807, 2.05) is 43.3 Å². The Kier molecular flexibility index (Phi) is 7.19. The molecule has 0 unspecified atom stereocenters. The zero-order chi connectivity index (χ0) is 24.2. The van der Waals surface area contributed by atoms with Crippen LogP contribution in [0.25, 0.3) is 10.9 Å². The Labute approximate surface area is 196 Å². The largest absolute Gasteiger partial charge is 0.362 e. The third-order valence-corrected chi connectivity index (χ3v) is 6.24. The van der Waals surface area contributed by atoms with Crippen LogP contribution in [-0.4, -0.2) is 42.6 Å². The minimum absolute atomic E-state index is 0.156. The molecular formula is C25H28F3N5O. The molecule has 9 heteroatoms. The molecule has 0 spiro atoms. The van der Waals surface area contributed by atoms with Gasteiger partial charge in [-0.25, -0.2) is 18.2 Å². The summed E-state index contributed by atoms with van der Waals surface area (Å²) in [6, 6.07) is 10.1. The van der Waals surface area contributed by atoms with Crippen molar-refractivity contribution in [1.29, 1.82) is 0 Å². The van der Waals surface area contributed by atoms with Crippen LogP contribution in [0.2, 0.25) is 0 Å². The highest BCUT2D eigenvalue weighted by molar-refractivity contribution is 5.90. The molecule has 0 radical (unpaired) electrons. The first-order valence-corrected chi connectivity index (χ1v) is 11.4. The molecule has 4 rings (SSSR count). The van der Waals surface area contributed by atoms with Crippen LogP contribution >= 0.6 is 0 Å². The van der Waals surface area contributed by atoms with Gasteiger partial charge in [0.05, 0.1) is 11.9 Å². The van der Waals surface area contributed by atoms with Crippen LogP contribution in [0.3, 0.4) is 0 Å². The third-order valence-electron chi connectivity index (χ3n) is 6.24. The summed E-state index contributed by atoms with van der Waals surface area (Å²) in [5.41, 5.74) is 0.731. The molecule has 0 atom stereocenters. The maximum absolute atomic E-state index is 13.8. The normalized spacial score (nSPS) is 18.0. The van der Waals surface area contributed by atoms with E-state index in [-0.39, 0.29) is 18.0 Å². The Morgan fingerprint density at radius 3 is 2.47 bits per heavy atom. The first-order valence-electron chi connectivity index (χ1n) is 11.4. The van der Waals surface area contributed by atoms with Crippen molar-refractivity contribution in [3.63, 3.8) is 0 Å². The van der Waals surface area contributed by atoms with Crippen LogP contribution in [0.1, 0.15) is 31.2 Å². The fourth-order valence-electron chi connectivity index (χ4n) is 4.35. The number of rotatable bonds is 7. The van der Waals surface area contributed by atoms with Crippen molar-refractivity contribution in [1.82, 2.24) is 15.3 Å². The molecule has 1 amide bonds. The lowest BCUT2D eigenvalue weighted by molar-refractivity contribution is -0.120. The van der Waals surface area contributed by atoms with E-state index >= 15 is 0 Å². The second-order valence-corrected chi connectivity index (χ2v) is 8.96. The third kappa shape index (κ3) is 5.40. The van der Waals surface area contributed by atoms with Gasteiger partial charge < -0.3 is 15.5 Å². The predicted molar refractivity (Wildman–Crippen MR) is 126 cm³/mol. The summed E-state index contributed by atoms with van der Waals surface area (Å²) in [5, 5.41) is 7.25. The molecule has 1 aliphatic rings. The van der Waals surface area contributed by atoms with E-state index < -0.39 is 23.4 Å². The van der Waals surface area contributed by atoms with Crippen LogP contribution < -0.4 is 15.5 Å². The molecule has 1 heterocycles. The Balaban J connectivity index is 1.28. The quantitative estimate of drug-likeness (QED) is 0.499. The monoisotopic (exact) mass is 471 g/mol. The Bertz CT molecular complexity index is 1180. The molecule has 0 bridgehead atoms. The minimum Gasteiger partial charge on any atom is -0.362 e. The Morgan fingerprint density at radius 1 is 1.00 bits per heavy atom. The number of amides is 1. The lowest BCUT2D eigenvalue weighted by Gasteiger charge is -2.29. The van der Waals surface area contributed by atoms with Crippen LogP contribution in [0.5, 0.6) is 0 Å². The molecule has 2 N–H and O–H groups in total. The first kappa shape index (κ1) is 23.8. The van der Waals surface area contributed by atoms with Gasteiger partial charge in [-0.3, -0.25) is 4.79 Å². The van der Waals surface area contributed by atoms with E-state index in [1.54, 1.807) is 0 Å². The summed E-state index contributed by atoms with van der Waals surface area (Å²) in [4.78, 5) is 23.5. The lowest BCUT2D eigenvalue weighted by Crippen LogP contribution is -2.35. The van der Waals surface area contributed by atoms with Gasteiger partial charge in [-0.05, 0) is 49.8 Å². The summed E-state index contributed by atoms with van der Waals surface area (Å²) in [6.07, 6.45) is 3.31. The van der Waals surface area contributed by atoms with E-state index in [1.165, 1.54) is 0 Å². The summed E-state index contributed by atoms with van der Waals surface area (Å²) < 4.78 is 40.2. The Hall–Kier alpha value is -3.36. The van der Waals surface area contributed by atoms with Crippen LogP contribution in [0.4, 0.5) is 24.9 Å². The van der Waals surface area contributed by atoms with Crippen molar-refractivity contribution in [2.75, 3.05) is 30.9 Å². The number of carbonyl (C=O) groups excluding carboxylic acids is 1. The molecule has 0 aliphatic heterocycles. The van der Waals surface area contributed by atoms with Crippen molar-refractivity contribution in [3.05, 3.63) is 59.4 Å². The number of aromatic nitrogens is 2. The van der Waals surface area contributed by atoms with Crippen LogP contribution in [-0.2, 0) is 11.2 Å². The summed E-state index contributed by atoms with van der Waals surface area (Å²) in [5.74, 6) is -2.77. The van der Waals surface area contributed by atoms with Crippen molar-refractivity contribution in [2.45, 2.75) is 38.1 Å². The average Bonchev–Trinajstić information content (AvgIpc) is 2.83. The van der Waals surface area contributed by atoms with Gasteiger partial charge in [0.15, 0.2) is 17.5 Å². The van der Waals surface area contributed by atoms with Crippen molar-refractivity contribution >= 4 is 28.6 Å². The van der Waals surface area contributed by atoms with Crippen molar-refractivity contribution in [3.8, 4) is 0 Å². The van der Waals surface area contributed by atoms with E-state index in [0.717, 1.165) is 54.5 Å². The SMILES string of the molecule is CN(C)c1nc(NC2CCC(CNC(=O)Cc3ccc(F)c(F)c3F)CC2)nc2ccccc12. The number of anilines is 2. The molecule has 6 nitrogen and oxygen atoms in total. The summed E-state index contributed by atoms with van der Waals surface area (Å²) in [6.45, 7) is 0.466. The number of para-hydroxylation sites is 1. The molecular weight excluding hydrogens is 443 g/mol. The van der Waals surface area contributed by atoms with E-state index in [4.69, 9.17) is 4.98 Å². The van der Waals surface area contributed by atoms with Gasteiger partial charge in [0.2, 0.25) is 11.9 Å². The van der Waals surface area contributed by atoms with Crippen molar-refractivity contribution in [2.24, 2.45) is 5.92 Å². The fraction of sp³-hybridized carbons (Fsp3) is 0.400. The molecule has 0 saturated heterocycles. The topological polar surface area (TPSA) is 70.2 Å². The van der Waals surface area contributed by atoms with Gasteiger partial charge in [-0.1, -0.05) is 18.2 Å². The maximum atomic E-state index is 13.8. The van der Waals surface area contributed by atoms with Gasteiger partial charge in [0.25, 0.3) is 0 Å². The first-order chi connectivity index (χ1) is 16.3. The minimum atomic E-state index is -1.55. The zero-order valence-electron chi connectivity index (χ0n) is 19.2. The number of halogens is 3. The predicted octanol–water partition coefficient (Wildman–Crippen LogP) is 4.44. The smallest absolute Gasteiger partial charge is 0.225 e. The maximum Gasteiger partial charge on any atom is 0.225 e.